The number of nitrogens with one attached hydrogen (secondary N) is 1. The van der Waals surface area contributed by atoms with Crippen LogP contribution in [-0.2, 0) is 16.1 Å². The van der Waals surface area contributed by atoms with Gasteiger partial charge in [0.05, 0.1) is 18.2 Å². The second-order valence-corrected chi connectivity index (χ2v) is 5.09. The van der Waals surface area contributed by atoms with Gasteiger partial charge in [-0.25, -0.2) is 0 Å². The maximum absolute atomic E-state index is 12.5. The van der Waals surface area contributed by atoms with E-state index in [0.29, 0.717) is 25.1 Å². The number of aryl methyl sites for hydroxylation is 1. The van der Waals surface area contributed by atoms with Crippen LogP contribution in [0.1, 0.15) is 31.9 Å². The maximum Gasteiger partial charge on any atom is 0.408 e. The summed E-state index contributed by atoms with van der Waals surface area (Å²) in [6.07, 6.45) is -1.24. The molecule has 21 heavy (non-hydrogen) atoms. The highest BCUT2D eigenvalue weighted by Crippen LogP contribution is 2.35. The van der Waals surface area contributed by atoms with Crippen LogP contribution < -0.4 is 5.32 Å². The Kier molecular flexibility index (Phi) is 4.55. The number of nitrogens with zero attached hydrogens (tertiary/aromatic N) is 2. The van der Waals surface area contributed by atoms with Gasteiger partial charge in [-0.05, 0) is 20.3 Å². The Morgan fingerprint density at radius 3 is 2.90 bits per heavy atom. The first kappa shape index (κ1) is 15.8. The Hall–Kier alpha value is -1.57. The van der Waals surface area contributed by atoms with Crippen LogP contribution in [-0.4, -0.2) is 34.5 Å². The van der Waals surface area contributed by atoms with Crippen molar-refractivity contribution in [2.45, 2.75) is 45.1 Å². The molecule has 0 aromatic carbocycles. The molecule has 118 valence electrons. The minimum absolute atomic E-state index is 0.348. The minimum Gasteiger partial charge on any atom is -0.373 e. The maximum atomic E-state index is 12.5. The summed E-state index contributed by atoms with van der Waals surface area (Å²) in [4.78, 5) is 12.0. The number of hydrogen-bond acceptors (Lipinski definition) is 3. The average molecular weight is 305 g/mol. The smallest absolute Gasteiger partial charge is 0.373 e. The number of hydrogen-bond donors (Lipinski definition) is 1. The summed E-state index contributed by atoms with van der Waals surface area (Å²) in [7, 11) is 0. The summed E-state index contributed by atoms with van der Waals surface area (Å²) >= 11 is 0. The fourth-order valence-corrected chi connectivity index (χ4v) is 2.29. The number of carbonyl (C=O) groups excluding carboxylic acids is 1. The van der Waals surface area contributed by atoms with E-state index in [1.54, 1.807) is 17.1 Å². The van der Waals surface area contributed by atoms with Gasteiger partial charge in [0.2, 0.25) is 5.91 Å². The van der Waals surface area contributed by atoms with Gasteiger partial charge >= 0.3 is 6.18 Å². The number of halogens is 3. The van der Waals surface area contributed by atoms with Crippen LogP contribution in [0.5, 0.6) is 0 Å². The van der Waals surface area contributed by atoms with Crippen LogP contribution in [0.25, 0.3) is 0 Å². The Labute approximate surface area is 120 Å². The third-order valence-electron chi connectivity index (χ3n) is 3.58. The van der Waals surface area contributed by atoms with Crippen molar-refractivity contribution in [3.8, 4) is 0 Å². The van der Waals surface area contributed by atoms with Gasteiger partial charge in [0.15, 0.2) is 0 Å². The standard InChI is InChI=1S/C13H18F3N3O2/c1-3-19-7-9(6-17-19)11-10(4-5-21-11)12(20)18-8(2)13(14,15)16/h6-8,10-11H,3-5H2,1-2H3,(H,18,20)/t8-,10-,11+/m0/s1. The van der Waals surface area contributed by atoms with Crippen molar-refractivity contribution in [2.24, 2.45) is 5.92 Å². The van der Waals surface area contributed by atoms with Crippen molar-refractivity contribution in [3.05, 3.63) is 18.0 Å². The summed E-state index contributed by atoms with van der Waals surface area (Å²) in [6, 6.07) is -1.87. The van der Waals surface area contributed by atoms with Crippen LogP contribution in [0.3, 0.4) is 0 Å². The first-order chi connectivity index (χ1) is 9.82. The number of aromatic nitrogens is 2. The SMILES string of the molecule is CCn1cc([C@H]2OCC[C@@H]2C(=O)N[C@@H](C)C(F)(F)F)cn1. The van der Waals surface area contributed by atoms with E-state index in [2.05, 4.69) is 5.10 Å². The molecule has 0 radical (unpaired) electrons. The molecule has 1 aliphatic rings. The highest BCUT2D eigenvalue weighted by Gasteiger charge is 2.41. The molecule has 1 N–H and O–H groups in total. The van der Waals surface area contributed by atoms with E-state index in [4.69, 9.17) is 4.74 Å². The Morgan fingerprint density at radius 2 is 2.33 bits per heavy atom. The largest absolute Gasteiger partial charge is 0.408 e. The van der Waals surface area contributed by atoms with Crippen molar-refractivity contribution >= 4 is 5.91 Å². The van der Waals surface area contributed by atoms with Crippen LogP contribution in [0.4, 0.5) is 13.2 Å². The average Bonchev–Trinajstić information content (AvgIpc) is 3.05. The molecule has 2 heterocycles. The third kappa shape index (κ3) is 3.55. The molecular formula is C13H18F3N3O2. The van der Waals surface area contributed by atoms with Crippen molar-refractivity contribution < 1.29 is 22.7 Å². The predicted molar refractivity (Wildman–Crippen MR) is 68.4 cm³/mol. The Bertz CT molecular complexity index is 501. The molecule has 0 bridgehead atoms. The molecule has 0 spiro atoms. The highest BCUT2D eigenvalue weighted by atomic mass is 19.4. The summed E-state index contributed by atoms with van der Waals surface area (Å²) in [5.74, 6) is -1.25. The van der Waals surface area contributed by atoms with E-state index in [1.165, 1.54) is 0 Å². The van der Waals surface area contributed by atoms with E-state index < -0.39 is 30.1 Å². The highest BCUT2D eigenvalue weighted by molar-refractivity contribution is 5.80. The summed E-state index contributed by atoms with van der Waals surface area (Å²) in [5.41, 5.74) is 0.717. The number of rotatable bonds is 4. The van der Waals surface area contributed by atoms with Gasteiger partial charge in [-0.15, -0.1) is 0 Å². The van der Waals surface area contributed by atoms with Gasteiger partial charge in [-0.2, -0.15) is 18.3 Å². The molecule has 1 fully saturated rings. The molecule has 1 aliphatic heterocycles. The topological polar surface area (TPSA) is 56.1 Å². The zero-order valence-electron chi connectivity index (χ0n) is 11.9. The molecule has 0 unspecified atom stereocenters. The summed E-state index contributed by atoms with van der Waals surface area (Å²) in [5, 5.41) is 6.11. The fourth-order valence-electron chi connectivity index (χ4n) is 2.29. The lowest BCUT2D eigenvalue weighted by atomic mass is 9.96. The Balaban J connectivity index is 2.06. The van der Waals surface area contributed by atoms with Crippen LogP contribution in [0.2, 0.25) is 0 Å². The molecule has 1 aromatic heterocycles. The molecule has 3 atom stereocenters. The minimum atomic E-state index is -4.45. The second-order valence-electron chi connectivity index (χ2n) is 5.09. The molecule has 2 rings (SSSR count). The van der Waals surface area contributed by atoms with E-state index >= 15 is 0 Å². The lowest BCUT2D eigenvalue weighted by molar-refractivity contribution is -0.160. The monoisotopic (exact) mass is 305 g/mol. The van der Waals surface area contributed by atoms with Gasteiger partial charge in [0.1, 0.15) is 6.04 Å². The zero-order valence-corrected chi connectivity index (χ0v) is 11.9. The van der Waals surface area contributed by atoms with Gasteiger partial charge in [0, 0.05) is 24.9 Å². The fraction of sp³-hybridized carbons (Fsp3) is 0.692. The molecule has 1 saturated heterocycles. The summed E-state index contributed by atoms with van der Waals surface area (Å²) < 4.78 is 44.7. The molecule has 0 saturated carbocycles. The van der Waals surface area contributed by atoms with E-state index in [-0.39, 0.29) is 0 Å². The number of alkyl halides is 3. The second kappa shape index (κ2) is 6.05. The van der Waals surface area contributed by atoms with Gasteiger partial charge in [-0.1, -0.05) is 0 Å². The quantitative estimate of drug-likeness (QED) is 0.926. The number of ether oxygens (including phenoxy) is 1. The molecule has 5 nitrogen and oxygen atoms in total. The number of amides is 1. The third-order valence-corrected chi connectivity index (χ3v) is 3.58. The van der Waals surface area contributed by atoms with Crippen molar-refractivity contribution in [1.82, 2.24) is 15.1 Å². The van der Waals surface area contributed by atoms with Crippen molar-refractivity contribution in [2.75, 3.05) is 6.61 Å². The van der Waals surface area contributed by atoms with E-state index in [9.17, 15) is 18.0 Å². The molecular weight excluding hydrogens is 287 g/mol. The normalized spacial score (nSPS) is 24.0. The van der Waals surface area contributed by atoms with Crippen LogP contribution in [0, 0.1) is 5.92 Å². The lowest BCUT2D eigenvalue weighted by Gasteiger charge is -2.21. The first-order valence-electron chi connectivity index (χ1n) is 6.84. The van der Waals surface area contributed by atoms with E-state index in [0.717, 1.165) is 6.92 Å². The predicted octanol–water partition coefficient (Wildman–Crippen LogP) is 2.05. The molecule has 1 amide bonds. The zero-order chi connectivity index (χ0) is 15.6. The van der Waals surface area contributed by atoms with Gasteiger partial charge in [0.25, 0.3) is 0 Å². The number of carbonyl (C=O) groups is 1. The van der Waals surface area contributed by atoms with Crippen molar-refractivity contribution in [3.63, 3.8) is 0 Å². The lowest BCUT2D eigenvalue weighted by Crippen LogP contribution is -2.46. The Morgan fingerprint density at radius 1 is 1.62 bits per heavy atom. The molecule has 8 heteroatoms. The van der Waals surface area contributed by atoms with Crippen molar-refractivity contribution in [1.29, 1.82) is 0 Å². The van der Waals surface area contributed by atoms with Crippen LogP contribution >= 0.6 is 0 Å². The van der Waals surface area contributed by atoms with E-state index in [1.807, 2.05) is 12.2 Å². The summed E-state index contributed by atoms with van der Waals surface area (Å²) in [6.45, 7) is 3.87. The first-order valence-corrected chi connectivity index (χ1v) is 6.84. The van der Waals surface area contributed by atoms with Gasteiger partial charge < -0.3 is 10.1 Å². The van der Waals surface area contributed by atoms with Crippen LogP contribution in [0.15, 0.2) is 12.4 Å². The molecule has 1 aromatic rings. The molecule has 0 aliphatic carbocycles. The van der Waals surface area contributed by atoms with Gasteiger partial charge in [-0.3, -0.25) is 9.48 Å².